The minimum Gasteiger partial charge on any atom is -0.423 e. The van der Waals surface area contributed by atoms with Crippen molar-refractivity contribution >= 4 is 21.6 Å². The van der Waals surface area contributed by atoms with Gasteiger partial charge in [-0.05, 0) is 25.1 Å². The Morgan fingerprint density at radius 2 is 2.27 bits per heavy atom. The van der Waals surface area contributed by atoms with Crippen molar-refractivity contribution in [2.45, 2.75) is 6.92 Å². The molecule has 0 radical (unpaired) electrons. The maximum Gasteiger partial charge on any atom is 0.247 e. The van der Waals surface area contributed by atoms with E-state index in [1.54, 1.807) is 11.3 Å². The van der Waals surface area contributed by atoms with Crippen LogP contribution in [-0.4, -0.2) is 15.2 Å². The molecule has 2 aromatic heterocycles. The highest BCUT2D eigenvalue weighted by atomic mass is 32.1. The van der Waals surface area contributed by atoms with E-state index < -0.39 is 0 Å². The third-order valence-corrected chi connectivity index (χ3v) is 3.05. The van der Waals surface area contributed by atoms with Gasteiger partial charge in [-0.2, -0.15) is 0 Å². The molecule has 0 atom stereocenters. The van der Waals surface area contributed by atoms with Gasteiger partial charge in [0.05, 0.1) is 15.2 Å². The summed E-state index contributed by atoms with van der Waals surface area (Å²) in [6.45, 7) is 2.00. The lowest BCUT2D eigenvalue weighted by Gasteiger charge is -1.93. The monoisotopic (exact) mass is 217 g/mol. The van der Waals surface area contributed by atoms with Crippen LogP contribution < -0.4 is 0 Å². The van der Waals surface area contributed by atoms with E-state index in [2.05, 4.69) is 15.2 Å². The minimum absolute atomic E-state index is 0.530. The van der Waals surface area contributed by atoms with Crippen LogP contribution in [0.5, 0.6) is 0 Å². The molecule has 0 spiro atoms. The number of hydrogen-bond donors (Lipinski definition) is 0. The van der Waals surface area contributed by atoms with Gasteiger partial charge in [0.25, 0.3) is 0 Å². The lowest BCUT2D eigenvalue weighted by Crippen LogP contribution is -1.78. The number of fused-ring (bicyclic) bond motifs is 1. The molecule has 0 bridgehead atoms. The van der Waals surface area contributed by atoms with Gasteiger partial charge in [-0.25, -0.2) is 4.98 Å². The Bertz CT molecular complexity index is 600. The van der Waals surface area contributed by atoms with Crippen molar-refractivity contribution in [3.05, 3.63) is 29.6 Å². The van der Waals surface area contributed by atoms with E-state index in [-0.39, 0.29) is 0 Å². The second kappa shape index (κ2) is 3.13. The van der Waals surface area contributed by atoms with E-state index in [9.17, 15) is 0 Å². The van der Waals surface area contributed by atoms with Gasteiger partial charge in [-0.3, -0.25) is 0 Å². The van der Waals surface area contributed by atoms with Crippen LogP contribution in [0, 0.1) is 6.92 Å². The molecule has 0 aliphatic heterocycles. The van der Waals surface area contributed by atoms with Crippen LogP contribution >= 0.6 is 11.3 Å². The van der Waals surface area contributed by atoms with Gasteiger partial charge in [0.1, 0.15) is 0 Å². The zero-order valence-electron chi connectivity index (χ0n) is 7.97. The number of thiazole rings is 1. The maximum absolute atomic E-state index is 5.13. The summed E-state index contributed by atoms with van der Waals surface area (Å²) in [4.78, 5) is 4.41. The molecule has 3 aromatic rings. The predicted octanol–water partition coefficient (Wildman–Crippen LogP) is 2.65. The number of rotatable bonds is 1. The first-order valence-electron chi connectivity index (χ1n) is 4.47. The lowest BCUT2D eigenvalue weighted by molar-refractivity contribution is 0.569. The first-order chi connectivity index (χ1) is 7.33. The summed E-state index contributed by atoms with van der Waals surface area (Å²) in [5.74, 6) is 0.530. The molecule has 3 rings (SSSR count). The van der Waals surface area contributed by atoms with E-state index >= 15 is 0 Å². The fourth-order valence-electron chi connectivity index (χ4n) is 1.47. The summed E-state index contributed by atoms with van der Waals surface area (Å²) in [7, 11) is 0. The van der Waals surface area contributed by atoms with Crippen LogP contribution in [0.2, 0.25) is 0 Å². The molecule has 0 aliphatic carbocycles. The van der Waals surface area contributed by atoms with E-state index in [4.69, 9.17) is 4.42 Å². The van der Waals surface area contributed by atoms with Crippen LogP contribution in [0.1, 0.15) is 5.01 Å². The summed E-state index contributed by atoms with van der Waals surface area (Å²) in [5.41, 5.74) is 1.89. The van der Waals surface area contributed by atoms with Crippen molar-refractivity contribution in [1.82, 2.24) is 15.2 Å². The standard InChI is InChI=1S/C10H7N3OS/c1-6-12-8-4-7(2-3-9(8)15-6)10-13-11-5-14-10/h2-5H,1H3. The van der Waals surface area contributed by atoms with Gasteiger partial charge < -0.3 is 4.42 Å². The average molecular weight is 217 g/mol. The molecular weight excluding hydrogens is 210 g/mol. The quantitative estimate of drug-likeness (QED) is 0.628. The van der Waals surface area contributed by atoms with Gasteiger partial charge in [-0.1, -0.05) is 0 Å². The fraction of sp³-hybridized carbons (Fsp3) is 0.100. The molecule has 5 heteroatoms. The fourth-order valence-corrected chi connectivity index (χ4v) is 2.28. The van der Waals surface area contributed by atoms with Gasteiger partial charge in [-0.15, -0.1) is 21.5 Å². The van der Waals surface area contributed by atoms with E-state index in [1.807, 2.05) is 25.1 Å². The van der Waals surface area contributed by atoms with Gasteiger partial charge in [0.2, 0.25) is 12.3 Å². The Balaban J connectivity index is 2.21. The van der Waals surface area contributed by atoms with Crippen LogP contribution in [0.3, 0.4) is 0 Å². The Hall–Kier alpha value is -1.75. The van der Waals surface area contributed by atoms with Crippen molar-refractivity contribution < 1.29 is 4.42 Å². The lowest BCUT2D eigenvalue weighted by atomic mass is 10.2. The molecule has 0 saturated carbocycles. The van der Waals surface area contributed by atoms with Crippen molar-refractivity contribution in [3.8, 4) is 11.5 Å². The van der Waals surface area contributed by atoms with Gasteiger partial charge >= 0.3 is 0 Å². The Kier molecular flexibility index (Phi) is 1.78. The Labute approximate surface area is 89.6 Å². The third-order valence-electron chi connectivity index (χ3n) is 2.10. The normalized spacial score (nSPS) is 11.0. The van der Waals surface area contributed by atoms with Crippen LogP contribution in [0.25, 0.3) is 21.7 Å². The SMILES string of the molecule is Cc1nc2cc(-c3nnco3)ccc2s1. The zero-order valence-corrected chi connectivity index (χ0v) is 8.78. The minimum atomic E-state index is 0.530. The highest BCUT2D eigenvalue weighted by Crippen LogP contribution is 2.26. The number of aromatic nitrogens is 3. The van der Waals surface area contributed by atoms with Crippen LogP contribution in [0.15, 0.2) is 29.0 Å². The van der Waals surface area contributed by atoms with E-state index in [0.717, 1.165) is 16.1 Å². The highest BCUT2D eigenvalue weighted by Gasteiger charge is 2.06. The smallest absolute Gasteiger partial charge is 0.247 e. The first-order valence-corrected chi connectivity index (χ1v) is 5.28. The molecule has 1 aromatic carbocycles. The van der Waals surface area contributed by atoms with Crippen LogP contribution in [-0.2, 0) is 0 Å². The molecule has 74 valence electrons. The first kappa shape index (κ1) is 8.55. The molecule has 15 heavy (non-hydrogen) atoms. The number of hydrogen-bond acceptors (Lipinski definition) is 5. The molecule has 0 saturated heterocycles. The number of aryl methyl sites for hydroxylation is 1. The molecule has 0 unspecified atom stereocenters. The molecule has 0 amide bonds. The van der Waals surface area contributed by atoms with E-state index in [0.29, 0.717) is 5.89 Å². The van der Waals surface area contributed by atoms with Crippen molar-refractivity contribution in [2.75, 3.05) is 0 Å². The maximum atomic E-state index is 5.13. The molecule has 4 nitrogen and oxygen atoms in total. The third kappa shape index (κ3) is 1.41. The van der Waals surface area contributed by atoms with Crippen molar-refractivity contribution in [1.29, 1.82) is 0 Å². The summed E-state index contributed by atoms with van der Waals surface area (Å²) >= 11 is 1.68. The topological polar surface area (TPSA) is 51.8 Å². The summed E-state index contributed by atoms with van der Waals surface area (Å²) in [5, 5.41) is 8.57. The molecule has 2 heterocycles. The molecule has 0 N–H and O–H groups in total. The second-order valence-electron chi connectivity index (χ2n) is 3.16. The number of benzene rings is 1. The number of nitrogens with zero attached hydrogens (tertiary/aromatic N) is 3. The predicted molar refractivity (Wildman–Crippen MR) is 57.6 cm³/mol. The Morgan fingerprint density at radius 3 is 3.07 bits per heavy atom. The van der Waals surface area contributed by atoms with Gasteiger partial charge in [0, 0.05) is 5.56 Å². The summed E-state index contributed by atoms with van der Waals surface area (Å²) in [6, 6.07) is 5.96. The van der Waals surface area contributed by atoms with Gasteiger partial charge in [0.15, 0.2) is 0 Å². The Morgan fingerprint density at radius 1 is 1.33 bits per heavy atom. The average Bonchev–Trinajstić information content (AvgIpc) is 2.82. The van der Waals surface area contributed by atoms with E-state index in [1.165, 1.54) is 11.1 Å². The van der Waals surface area contributed by atoms with Crippen LogP contribution in [0.4, 0.5) is 0 Å². The highest BCUT2D eigenvalue weighted by molar-refractivity contribution is 7.18. The zero-order chi connectivity index (χ0) is 10.3. The van der Waals surface area contributed by atoms with Crippen molar-refractivity contribution in [2.24, 2.45) is 0 Å². The largest absolute Gasteiger partial charge is 0.423 e. The second-order valence-corrected chi connectivity index (χ2v) is 4.39. The van der Waals surface area contributed by atoms with Crippen molar-refractivity contribution in [3.63, 3.8) is 0 Å². The molecule has 0 aliphatic rings. The summed E-state index contributed by atoms with van der Waals surface area (Å²) in [6.07, 6.45) is 1.33. The molecule has 0 fully saturated rings. The molecular formula is C10H7N3OS. The summed E-state index contributed by atoms with van der Waals surface area (Å²) < 4.78 is 6.31.